The second-order valence-corrected chi connectivity index (χ2v) is 7.90. The van der Waals surface area contributed by atoms with Crippen LogP contribution in [0, 0.1) is 5.92 Å². The van der Waals surface area contributed by atoms with Crippen LogP contribution in [0.4, 0.5) is 0 Å². The Morgan fingerprint density at radius 2 is 1.80 bits per heavy atom. The summed E-state index contributed by atoms with van der Waals surface area (Å²) in [7, 11) is 0. The summed E-state index contributed by atoms with van der Waals surface area (Å²) in [6.45, 7) is 4.70. The van der Waals surface area contributed by atoms with Gasteiger partial charge >= 0.3 is 0 Å². The molecule has 1 aliphatic heterocycles. The number of hydrogen-bond acceptors (Lipinski definition) is 5. The third kappa shape index (κ3) is 5.03. The van der Waals surface area contributed by atoms with Gasteiger partial charge in [0.2, 0.25) is 5.91 Å². The molecule has 160 valence electrons. The van der Waals surface area contributed by atoms with Crippen molar-refractivity contribution in [3.8, 4) is 0 Å². The predicted molar refractivity (Wildman–Crippen MR) is 111 cm³/mol. The smallest absolute Gasteiger partial charge is 0.290 e. The minimum Gasteiger partial charge on any atom is -0.333 e. The van der Waals surface area contributed by atoms with Crippen LogP contribution in [0.2, 0.25) is 0 Å². The Morgan fingerprint density at radius 1 is 1.07 bits per heavy atom. The Labute approximate surface area is 174 Å². The molecular weight excluding hydrogens is 386 g/mol. The standard InChI is InChI=1S/C21H27N5O4/c1-14(2)12-26-21(30)16-9-6-5-8-15(16)19(24-26)20(29)23-22-17(27)13-25-11-7-3-4-10-18(25)28/h5-6,8-9,14H,3-4,7,10-13H2,1-2H3,(H,22,27)(H,23,29). The van der Waals surface area contributed by atoms with E-state index in [0.717, 1.165) is 19.3 Å². The van der Waals surface area contributed by atoms with Crippen molar-refractivity contribution in [3.63, 3.8) is 0 Å². The zero-order valence-corrected chi connectivity index (χ0v) is 17.3. The van der Waals surface area contributed by atoms with Crippen LogP contribution in [-0.2, 0) is 16.1 Å². The second kappa shape index (κ2) is 9.51. The van der Waals surface area contributed by atoms with Crippen molar-refractivity contribution in [2.75, 3.05) is 13.1 Å². The minimum absolute atomic E-state index is 0.0528. The van der Waals surface area contributed by atoms with Crippen LogP contribution < -0.4 is 16.4 Å². The number of hydrazine groups is 1. The first-order valence-electron chi connectivity index (χ1n) is 10.2. The Hall–Kier alpha value is -3.23. The normalized spacial score (nSPS) is 14.6. The molecule has 2 N–H and O–H groups in total. The first kappa shape index (κ1) is 21.5. The van der Waals surface area contributed by atoms with Crippen molar-refractivity contribution in [2.24, 2.45) is 5.92 Å². The first-order chi connectivity index (χ1) is 14.4. The van der Waals surface area contributed by atoms with Gasteiger partial charge in [-0.3, -0.25) is 30.0 Å². The van der Waals surface area contributed by atoms with Crippen molar-refractivity contribution in [1.82, 2.24) is 25.5 Å². The molecule has 0 bridgehead atoms. The molecule has 1 saturated heterocycles. The van der Waals surface area contributed by atoms with E-state index in [2.05, 4.69) is 16.0 Å². The number of aromatic nitrogens is 2. The maximum Gasteiger partial charge on any atom is 0.290 e. The van der Waals surface area contributed by atoms with Gasteiger partial charge in [-0.05, 0) is 24.8 Å². The van der Waals surface area contributed by atoms with E-state index in [4.69, 9.17) is 0 Å². The Morgan fingerprint density at radius 3 is 2.53 bits per heavy atom. The molecule has 1 fully saturated rings. The molecule has 0 unspecified atom stereocenters. The van der Waals surface area contributed by atoms with Crippen molar-refractivity contribution in [3.05, 3.63) is 40.3 Å². The fourth-order valence-corrected chi connectivity index (χ4v) is 3.48. The SMILES string of the molecule is CC(C)Cn1nc(C(=O)NNC(=O)CN2CCCCCC2=O)c2ccccc2c1=O. The number of nitrogens with one attached hydrogen (secondary N) is 2. The molecule has 0 atom stereocenters. The lowest BCUT2D eigenvalue weighted by Crippen LogP contribution is -2.48. The molecule has 9 heteroatoms. The lowest BCUT2D eigenvalue weighted by molar-refractivity contribution is -0.135. The van der Waals surface area contributed by atoms with E-state index in [1.807, 2.05) is 13.8 Å². The van der Waals surface area contributed by atoms with E-state index in [1.54, 1.807) is 24.3 Å². The van der Waals surface area contributed by atoms with Gasteiger partial charge in [0.05, 0.1) is 5.39 Å². The van der Waals surface area contributed by atoms with Gasteiger partial charge in [0.1, 0.15) is 6.54 Å². The molecule has 30 heavy (non-hydrogen) atoms. The molecule has 3 rings (SSSR count). The van der Waals surface area contributed by atoms with Crippen molar-refractivity contribution >= 4 is 28.5 Å². The summed E-state index contributed by atoms with van der Waals surface area (Å²) < 4.78 is 1.28. The van der Waals surface area contributed by atoms with E-state index in [9.17, 15) is 19.2 Å². The molecule has 0 radical (unpaired) electrons. The third-order valence-corrected chi connectivity index (χ3v) is 4.94. The zero-order valence-electron chi connectivity index (χ0n) is 17.3. The van der Waals surface area contributed by atoms with Crippen molar-refractivity contribution in [2.45, 2.75) is 46.1 Å². The molecule has 0 aliphatic carbocycles. The largest absolute Gasteiger partial charge is 0.333 e. The fraction of sp³-hybridized carbons (Fsp3) is 0.476. The van der Waals surface area contributed by atoms with Gasteiger partial charge < -0.3 is 4.90 Å². The van der Waals surface area contributed by atoms with Gasteiger partial charge in [-0.25, -0.2) is 4.68 Å². The molecule has 2 aromatic rings. The number of hydrogen-bond donors (Lipinski definition) is 2. The van der Waals surface area contributed by atoms with Gasteiger partial charge in [-0.15, -0.1) is 0 Å². The van der Waals surface area contributed by atoms with Gasteiger partial charge in [-0.2, -0.15) is 5.10 Å². The van der Waals surface area contributed by atoms with Crippen molar-refractivity contribution < 1.29 is 14.4 Å². The summed E-state index contributed by atoms with van der Waals surface area (Å²) in [6, 6.07) is 6.74. The Kier molecular flexibility index (Phi) is 6.81. The highest BCUT2D eigenvalue weighted by molar-refractivity contribution is 6.05. The summed E-state index contributed by atoms with van der Waals surface area (Å²) in [6.07, 6.45) is 3.09. The van der Waals surface area contributed by atoms with Gasteiger partial charge in [0.15, 0.2) is 5.69 Å². The van der Waals surface area contributed by atoms with Crippen LogP contribution in [0.3, 0.4) is 0 Å². The average molecular weight is 413 g/mol. The number of fused-ring (bicyclic) bond motifs is 1. The molecule has 0 spiro atoms. The van der Waals surface area contributed by atoms with Gasteiger partial charge in [0.25, 0.3) is 17.4 Å². The number of carbonyl (C=O) groups is 3. The lowest BCUT2D eigenvalue weighted by Gasteiger charge is -2.20. The van der Waals surface area contributed by atoms with Crippen molar-refractivity contribution in [1.29, 1.82) is 0 Å². The number of likely N-dealkylation sites (tertiary alicyclic amines) is 1. The number of nitrogens with zero attached hydrogens (tertiary/aromatic N) is 3. The quantitative estimate of drug-likeness (QED) is 0.716. The van der Waals surface area contributed by atoms with Crippen LogP contribution in [0.15, 0.2) is 29.1 Å². The number of amides is 3. The number of benzene rings is 1. The maximum atomic E-state index is 12.7. The van der Waals surface area contributed by atoms with Crippen LogP contribution in [0.1, 0.15) is 50.0 Å². The molecule has 3 amide bonds. The maximum absolute atomic E-state index is 12.7. The molecule has 0 saturated carbocycles. The predicted octanol–water partition coefficient (Wildman–Crippen LogP) is 1.22. The summed E-state index contributed by atoms with van der Waals surface area (Å²) in [5, 5.41) is 5.04. The summed E-state index contributed by atoms with van der Waals surface area (Å²) >= 11 is 0. The van der Waals surface area contributed by atoms with E-state index >= 15 is 0 Å². The van der Waals surface area contributed by atoms with Crippen LogP contribution >= 0.6 is 0 Å². The Bertz CT molecular complexity index is 1010. The van der Waals surface area contributed by atoms with Gasteiger partial charge in [0, 0.05) is 24.9 Å². The Balaban J connectivity index is 1.74. The topological polar surface area (TPSA) is 113 Å². The van der Waals surface area contributed by atoms with Crippen LogP contribution in [0.25, 0.3) is 10.8 Å². The summed E-state index contributed by atoms with van der Waals surface area (Å²) in [5.41, 5.74) is 4.49. The van der Waals surface area contributed by atoms with Gasteiger partial charge in [-0.1, -0.05) is 38.5 Å². The fourth-order valence-electron chi connectivity index (χ4n) is 3.48. The van der Waals surface area contributed by atoms with Crippen LogP contribution in [0.5, 0.6) is 0 Å². The van der Waals surface area contributed by atoms with Crippen LogP contribution in [-0.4, -0.2) is 45.5 Å². The molecular formula is C21H27N5O4. The molecule has 9 nitrogen and oxygen atoms in total. The van der Waals surface area contributed by atoms with E-state index < -0.39 is 11.8 Å². The summed E-state index contributed by atoms with van der Waals surface area (Å²) in [4.78, 5) is 51.2. The van der Waals surface area contributed by atoms with E-state index in [1.165, 1.54) is 9.58 Å². The number of rotatable bonds is 5. The summed E-state index contributed by atoms with van der Waals surface area (Å²) in [5.74, 6) is -1.00. The highest BCUT2D eigenvalue weighted by Gasteiger charge is 2.21. The van der Waals surface area contributed by atoms with E-state index in [0.29, 0.717) is 30.3 Å². The molecule has 1 aliphatic rings. The third-order valence-electron chi connectivity index (χ3n) is 4.94. The highest BCUT2D eigenvalue weighted by atomic mass is 16.2. The molecule has 2 heterocycles. The lowest BCUT2D eigenvalue weighted by atomic mass is 10.1. The molecule has 1 aromatic heterocycles. The second-order valence-electron chi connectivity index (χ2n) is 7.90. The minimum atomic E-state index is -0.626. The highest BCUT2D eigenvalue weighted by Crippen LogP contribution is 2.14. The first-order valence-corrected chi connectivity index (χ1v) is 10.2. The number of carbonyl (C=O) groups excluding carboxylic acids is 3. The zero-order chi connectivity index (χ0) is 21.7. The van der Waals surface area contributed by atoms with E-state index in [-0.39, 0.29) is 29.6 Å². The average Bonchev–Trinajstić information content (AvgIpc) is 2.92. The monoisotopic (exact) mass is 413 g/mol. The molecule has 1 aromatic carbocycles.